The highest BCUT2D eigenvalue weighted by Gasteiger charge is 2.16. The van der Waals surface area contributed by atoms with Crippen LogP contribution in [0.3, 0.4) is 0 Å². The number of nitrogens with zero attached hydrogens (tertiary/aromatic N) is 3. The molecular weight excluding hydrogens is 262 g/mol. The van der Waals surface area contributed by atoms with Gasteiger partial charge in [-0.25, -0.2) is 0 Å². The highest BCUT2D eigenvalue weighted by molar-refractivity contribution is 6.40. The van der Waals surface area contributed by atoms with Crippen LogP contribution in [0.2, 0.25) is 0 Å². The molecule has 0 saturated heterocycles. The number of Topliss-reactive ketones (excluding diaryl/α,β-unsaturated/α-hetero) is 1. The lowest BCUT2D eigenvalue weighted by atomic mass is 10.1. The van der Waals surface area contributed by atoms with Crippen molar-refractivity contribution in [1.82, 2.24) is 20.6 Å². The number of carbonyl (C=O) groups excluding carboxylic acids is 2. The van der Waals surface area contributed by atoms with Crippen LogP contribution in [0.5, 0.6) is 5.75 Å². The monoisotopic (exact) mass is 275 g/mol. The smallest absolute Gasteiger partial charge is 0.291 e. The average molecular weight is 275 g/mol. The van der Waals surface area contributed by atoms with E-state index < -0.39 is 11.7 Å². The maximum atomic E-state index is 11.7. The van der Waals surface area contributed by atoms with Gasteiger partial charge in [0.1, 0.15) is 5.75 Å². The summed E-state index contributed by atoms with van der Waals surface area (Å²) in [7, 11) is 1.51. The third kappa shape index (κ3) is 2.79. The van der Waals surface area contributed by atoms with E-state index in [0.29, 0.717) is 22.8 Å². The van der Waals surface area contributed by atoms with Crippen molar-refractivity contribution in [2.75, 3.05) is 12.4 Å². The Morgan fingerprint density at radius 3 is 2.80 bits per heavy atom. The van der Waals surface area contributed by atoms with Gasteiger partial charge in [0.2, 0.25) is 11.6 Å². The van der Waals surface area contributed by atoms with Crippen LogP contribution in [0.4, 0.5) is 5.69 Å². The van der Waals surface area contributed by atoms with Crippen molar-refractivity contribution in [1.29, 1.82) is 0 Å². The molecule has 2 N–H and O–H groups in total. The first kappa shape index (κ1) is 13.7. The fraction of sp³-hybridized carbons (Fsp3) is 0.250. The number of H-pyrrole nitrogens is 1. The maximum absolute atomic E-state index is 11.7. The summed E-state index contributed by atoms with van der Waals surface area (Å²) in [6, 6.07) is 4.96. The van der Waals surface area contributed by atoms with Crippen LogP contribution in [0, 0.1) is 0 Å². The molecule has 0 unspecified atom stereocenters. The van der Waals surface area contributed by atoms with E-state index in [1.165, 1.54) is 7.11 Å². The Bertz CT molecular complexity index is 624. The number of hydrogen-bond acceptors (Lipinski definition) is 6. The zero-order chi connectivity index (χ0) is 14.5. The molecule has 0 fully saturated rings. The predicted octanol–water partition coefficient (Wildman–Crippen LogP) is 0.793. The first-order valence-corrected chi connectivity index (χ1v) is 5.91. The number of ketones is 1. The summed E-state index contributed by atoms with van der Waals surface area (Å²) in [6.45, 7) is 1.62. The van der Waals surface area contributed by atoms with E-state index in [9.17, 15) is 9.59 Å². The van der Waals surface area contributed by atoms with E-state index >= 15 is 0 Å². The lowest BCUT2D eigenvalue weighted by Gasteiger charge is -2.09. The molecule has 0 aliphatic rings. The van der Waals surface area contributed by atoms with Crippen LogP contribution in [0.15, 0.2) is 18.2 Å². The maximum Gasteiger partial charge on any atom is 0.291 e. The van der Waals surface area contributed by atoms with Gasteiger partial charge < -0.3 is 10.1 Å². The van der Waals surface area contributed by atoms with Crippen LogP contribution in [-0.4, -0.2) is 39.4 Å². The number of hydrogen-bond donors (Lipinski definition) is 2. The Balaban J connectivity index is 2.38. The van der Waals surface area contributed by atoms with Crippen molar-refractivity contribution in [3.8, 4) is 17.1 Å². The zero-order valence-corrected chi connectivity index (χ0v) is 11.0. The van der Waals surface area contributed by atoms with Gasteiger partial charge in [0.25, 0.3) is 5.91 Å². The van der Waals surface area contributed by atoms with Crippen molar-refractivity contribution in [3.05, 3.63) is 18.2 Å². The molecule has 8 heteroatoms. The Morgan fingerprint density at radius 1 is 1.40 bits per heavy atom. The van der Waals surface area contributed by atoms with Crippen LogP contribution in [0.25, 0.3) is 11.4 Å². The second-order valence-corrected chi connectivity index (χ2v) is 3.88. The molecule has 20 heavy (non-hydrogen) atoms. The van der Waals surface area contributed by atoms with E-state index in [0.717, 1.165) is 0 Å². The molecule has 0 atom stereocenters. The van der Waals surface area contributed by atoms with Gasteiger partial charge in [-0.2, -0.15) is 5.21 Å². The predicted molar refractivity (Wildman–Crippen MR) is 70.1 cm³/mol. The van der Waals surface area contributed by atoms with E-state index in [4.69, 9.17) is 4.74 Å². The van der Waals surface area contributed by atoms with Gasteiger partial charge in [-0.1, -0.05) is 6.92 Å². The van der Waals surface area contributed by atoms with E-state index in [1.54, 1.807) is 25.1 Å². The lowest BCUT2D eigenvalue weighted by Crippen LogP contribution is -2.22. The normalized spacial score (nSPS) is 10.1. The lowest BCUT2D eigenvalue weighted by molar-refractivity contribution is -0.134. The molecule has 1 heterocycles. The molecule has 2 rings (SSSR count). The van der Waals surface area contributed by atoms with Gasteiger partial charge in [-0.3, -0.25) is 9.59 Å². The quantitative estimate of drug-likeness (QED) is 0.781. The van der Waals surface area contributed by atoms with Crippen molar-refractivity contribution in [3.63, 3.8) is 0 Å². The number of anilines is 1. The molecule has 2 aromatic rings. The number of benzene rings is 1. The van der Waals surface area contributed by atoms with Crippen molar-refractivity contribution >= 4 is 17.4 Å². The second-order valence-electron chi connectivity index (χ2n) is 3.88. The van der Waals surface area contributed by atoms with Gasteiger partial charge in [-0.15, -0.1) is 10.2 Å². The Kier molecular flexibility index (Phi) is 4.04. The number of methoxy groups -OCH3 is 1. The average Bonchev–Trinajstić information content (AvgIpc) is 3.00. The second kappa shape index (κ2) is 5.91. The SMILES string of the molecule is CCC(=O)C(=O)Nc1cc(OC)ccc1-c1nn[nH]n1. The van der Waals surface area contributed by atoms with Gasteiger partial charge in [0.15, 0.2) is 0 Å². The zero-order valence-electron chi connectivity index (χ0n) is 11.0. The number of aromatic amines is 1. The topological polar surface area (TPSA) is 110 Å². The summed E-state index contributed by atoms with van der Waals surface area (Å²) in [4.78, 5) is 23.1. The largest absolute Gasteiger partial charge is 0.497 e. The molecule has 0 radical (unpaired) electrons. The van der Waals surface area contributed by atoms with E-state index in [-0.39, 0.29) is 6.42 Å². The number of tetrazole rings is 1. The summed E-state index contributed by atoms with van der Waals surface area (Å²) in [5.41, 5.74) is 0.925. The molecule has 0 bridgehead atoms. The minimum atomic E-state index is -0.689. The molecule has 0 spiro atoms. The number of carbonyl (C=O) groups is 2. The Labute approximate surface area is 114 Å². The summed E-state index contributed by atoms with van der Waals surface area (Å²) >= 11 is 0. The van der Waals surface area contributed by atoms with Crippen LogP contribution in [0.1, 0.15) is 13.3 Å². The molecule has 0 aliphatic heterocycles. The summed E-state index contributed by atoms with van der Waals surface area (Å²) in [5.74, 6) is -0.347. The third-order valence-electron chi connectivity index (χ3n) is 2.64. The van der Waals surface area contributed by atoms with Crippen molar-refractivity contribution < 1.29 is 14.3 Å². The summed E-state index contributed by atoms with van der Waals surface area (Å²) < 4.78 is 5.10. The molecule has 1 aromatic heterocycles. The van der Waals surface area contributed by atoms with Gasteiger partial charge >= 0.3 is 0 Å². The minimum Gasteiger partial charge on any atom is -0.497 e. The molecule has 0 aliphatic carbocycles. The van der Waals surface area contributed by atoms with E-state index in [2.05, 4.69) is 25.9 Å². The molecule has 0 saturated carbocycles. The van der Waals surface area contributed by atoms with Crippen molar-refractivity contribution in [2.45, 2.75) is 13.3 Å². The molecule has 1 amide bonds. The molecule has 8 nitrogen and oxygen atoms in total. The number of aromatic nitrogens is 4. The van der Waals surface area contributed by atoms with Gasteiger partial charge in [0.05, 0.1) is 12.8 Å². The van der Waals surface area contributed by atoms with Gasteiger partial charge in [0, 0.05) is 18.1 Å². The number of nitrogens with one attached hydrogen (secondary N) is 2. The van der Waals surface area contributed by atoms with Crippen LogP contribution >= 0.6 is 0 Å². The van der Waals surface area contributed by atoms with Crippen molar-refractivity contribution in [2.24, 2.45) is 0 Å². The van der Waals surface area contributed by atoms with Crippen LogP contribution in [-0.2, 0) is 9.59 Å². The number of amides is 1. The molecule has 104 valence electrons. The number of ether oxygens (including phenoxy) is 1. The number of rotatable bonds is 5. The van der Waals surface area contributed by atoms with E-state index in [1.807, 2.05) is 0 Å². The first-order valence-electron chi connectivity index (χ1n) is 5.91. The summed E-state index contributed by atoms with van der Waals surface area (Å²) in [6.07, 6.45) is 0.132. The highest BCUT2D eigenvalue weighted by atomic mass is 16.5. The minimum absolute atomic E-state index is 0.132. The fourth-order valence-electron chi connectivity index (χ4n) is 1.58. The van der Waals surface area contributed by atoms with Crippen LogP contribution < -0.4 is 10.1 Å². The summed E-state index contributed by atoms with van der Waals surface area (Å²) in [5, 5.41) is 16.0. The fourth-order valence-corrected chi connectivity index (χ4v) is 1.58. The Morgan fingerprint density at radius 2 is 2.20 bits per heavy atom. The molecule has 1 aromatic carbocycles. The molecular formula is C12H13N5O3. The Hall–Kier alpha value is -2.77. The highest BCUT2D eigenvalue weighted by Crippen LogP contribution is 2.28. The van der Waals surface area contributed by atoms with Gasteiger partial charge in [-0.05, 0) is 17.3 Å². The third-order valence-corrected chi connectivity index (χ3v) is 2.64. The first-order chi connectivity index (χ1) is 9.65. The standard InChI is InChI=1S/C12H13N5O3/c1-3-10(18)12(19)13-9-6-7(20-2)4-5-8(9)11-14-16-17-15-11/h4-6H,3H2,1-2H3,(H,13,19)(H,14,15,16,17).